The lowest BCUT2D eigenvalue weighted by atomic mass is 10.2. The van der Waals surface area contributed by atoms with E-state index in [0.717, 1.165) is 18.0 Å². The molecule has 1 aliphatic rings. The number of thioether (sulfide) groups is 1. The van der Waals surface area contributed by atoms with E-state index in [1.165, 1.54) is 0 Å². The largest absolute Gasteiger partial charge is 0.482 e. The molecule has 6 heteroatoms. The molecule has 0 aromatic heterocycles. The van der Waals surface area contributed by atoms with Gasteiger partial charge in [0, 0.05) is 18.4 Å². The summed E-state index contributed by atoms with van der Waals surface area (Å²) in [4.78, 5) is 11.2. The molecule has 1 aliphatic heterocycles. The molecule has 0 spiro atoms. The van der Waals surface area contributed by atoms with Gasteiger partial charge in [0.2, 0.25) is 0 Å². The molecule has 0 saturated carbocycles. The second-order valence-corrected chi connectivity index (χ2v) is 4.68. The Bertz CT molecular complexity index is 437. The van der Waals surface area contributed by atoms with Gasteiger partial charge >= 0.3 is 0 Å². The van der Waals surface area contributed by atoms with Crippen molar-refractivity contribution in [1.29, 1.82) is 0 Å². The van der Waals surface area contributed by atoms with Crippen LogP contribution in [0, 0.1) is 0 Å². The Balaban J connectivity index is 2.17. The van der Waals surface area contributed by atoms with Crippen molar-refractivity contribution in [2.75, 3.05) is 41.5 Å². The zero-order chi connectivity index (χ0) is 12.3. The number of amides is 1. The van der Waals surface area contributed by atoms with Gasteiger partial charge in [-0.15, -0.1) is 0 Å². The van der Waals surface area contributed by atoms with Crippen molar-refractivity contribution in [1.82, 2.24) is 0 Å². The van der Waals surface area contributed by atoms with Crippen LogP contribution in [0.3, 0.4) is 0 Å². The number of fused-ring (bicyclic) bond motifs is 1. The predicted molar refractivity (Wildman–Crippen MR) is 71.9 cm³/mol. The molecule has 0 aliphatic carbocycles. The van der Waals surface area contributed by atoms with Crippen LogP contribution in [0.2, 0.25) is 0 Å². The first-order valence-corrected chi connectivity index (χ1v) is 6.69. The molecule has 17 heavy (non-hydrogen) atoms. The van der Waals surface area contributed by atoms with Crippen LogP contribution in [0.4, 0.5) is 17.1 Å². The molecule has 1 amide bonds. The number of nitrogens with one attached hydrogen (secondary N) is 2. The standard InChI is InChI=1S/C11H15N3O2S/c1-17-3-2-13-8-5-9-10(4-7(8)12)16-6-11(15)14-9/h4-5,13H,2-3,6,12H2,1H3,(H,14,15). The van der Waals surface area contributed by atoms with E-state index in [1.54, 1.807) is 17.8 Å². The highest BCUT2D eigenvalue weighted by Gasteiger charge is 2.17. The van der Waals surface area contributed by atoms with Gasteiger partial charge in [-0.05, 0) is 12.3 Å². The van der Waals surface area contributed by atoms with Crippen LogP contribution >= 0.6 is 11.8 Å². The van der Waals surface area contributed by atoms with Crippen molar-refractivity contribution in [3.8, 4) is 5.75 Å². The Morgan fingerprint density at radius 1 is 1.59 bits per heavy atom. The molecule has 0 atom stereocenters. The molecule has 92 valence electrons. The number of carbonyl (C=O) groups excluding carboxylic acids is 1. The monoisotopic (exact) mass is 253 g/mol. The molecule has 1 heterocycles. The fraction of sp³-hybridized carbons (Fsp3) is 0.364. The molecule has 1 aromatic rings. The minimum atomic E-state index is -0.141. The van der Waals surface area contributed by atoms with Crippen molar-refractivity contribution in [2.24, 2.45) is 0 Å². The SMILES string of the molecule is CSCCNc1cc2c(cc1N)OCC(=O)N2. The lowest BCUT2D eigenvalue weighted by Gasteiger charge is -2.20. The number of anilines is 3. The van der Waals surface area contributed by atoms with Crippen LogP contribution in [0.25, 0.3) is 0 Å². The van der Waals surface area contributed by atoms with E-state index in [2.05, 4.69) is 10.6 Å². The molecule has 0 radical (unpaired) electrons. The summed E-state index contributed by atoms with van der Waals surface area (Å²) in [5, 5.41) is 5.98. The van der Waals surface area contributed by atoms with E-state index >= 15 is 0 Å². The Kier molecular flexibility index (Phi) is 3.63. The second kappa shape index (κ2) is 5.18. The van der Waals surface area contributed by atoms with Crippen molar-refractivity contribution in [3.05, 3.63) is 12.1 Å². The first-order chi connectivity index (χ1) is 8.20. The van der Waals surface area contributed by atoms with Crippen LogP contribution in [-0.2, 0) is 4.79 Å². The Morgan fingerprint density at radius 3 is 3.18 bits per heavy atom. The Morgan fingerprint density at radius 2 is 2.41 bits per heavy atom. The van der Waals surface area contributed by atoms with Gasteiger partial charge in [-0.25, -0.2) is 0 Å². The number of hydrogen-bond donors (Lipinski definition) is 3. The Labute approximate surface area is 104 Å². The predicted octanol–water partition coefficient (Wildman–Crippen LogP) is 1.37. The molecule has 0 saturated heterocycles. The molecule has 0 unspecified atom stereocenters. The minimum Gasteiger partial charge on any atom is -0.482 e. The number of rotatable bonds is 4. The zero-order valence-electron chi connectivity index (χ0n) is 9.58. The highest BCUT2D eigenvalue weighted by molar-refractivity contribution is 7.98. The van der Waals surface area contributed by atoms with Gasteiger partial charge in [0.15, 0.2) is 6.61 Å². The fourth-order valence-corrected chi connectivity index (χ4v) is 1.89. The summed E-state index contributed by atoms with van der Waals surface area (Å²) in [7, 11) is 0. The minimum absolute atomic E-state index is 0.0473. The third kappa shape index (κ3) is 2.76. The van der Waals surface area contributed by atoms with Crippen LogP contribution in [0.15, 0.2) is 12.1 Å². The number of nitrogens with two attached hydrogens (primary N) is 1. The molecule has 2 rings (SSSR count). The van der Waals surface area contributed by atoms with E-state index in [9.17, 15) is 4.79 Å². The van der Waals surface area contributed by atoms with Crippen molar-refractivity contribution in [3.63, 3.8) is 0 Å². The van der Waals surface area contributed by atoms with Crippen LogP contribution in [0.5, 0.6) is 5.75 Å². The summed E-state index contributed by atoms with van der Waals surface area (Å²) in [5.74, 6) is 1.48. The molecule has 4 N–H and O–H groups in total. The summed E-state index contributed by atoms with van der Waals surface area (Å²) < 4.78 is 5.27. The van der Waals surface area contributed by atoms with Crippen LogP contribution in [-0.4, -0.2) is 31.1 Å². The average molecular weight is 253 g/mol. The van der Waals surface area contributed by atoms with Gasteiger partial charge in [0.05, 0.1) is 17.1 Å². The highest BCUT2D eigenvalue weighted by atomic mass is 32.2. The summed E-state index contributed by atoms with van der Waals surface area (Å²) in [6.07, 6.45) is 2.05. The molecular formula is C11H15N3O2S. The molecule has 0 bridgehead atoms. The van der Waals surface area contributed by atoms with E-state index < -0.39 is 0 Å². The maximum absolute atomic E-state index is 11.2. The van der Waals surface area contributed by atoms with Crippen LogP contribution in [0.1, 0.15) is 0 Å². The average Bonchev–Trinajstić information content (AvgIpc) is 2.31. The second-order valence-electron chi connectivity index (χ2n) is 3.69. The number of nitrogen functional groups attached to an aromatic ring is 1. The molecular weight excluding hydrogens is 238 g/mol. The van der Waals surface area contributed by atoms with Crippen LogP contribution < -0.4 is 21.1 Å². The number of benzene rings is 1. The third-order valence-electron chi connectivity index (χ3n) is 2.41. The van der Waals surface area contributed by atoms with Gasteiger partial charge in [-0.3, -0.25) is 4.79 Å². The fourth-order valence-electron chi connectivity index (χ4n) is 1.58. The van der Waals surface area contributed by atoms with Gasteiger partial charge in [0.25, 0.3) is 5.91 Å². The van der Waals surface area contributed by atoms with Crippen molar-refractivity contribution in [2.45, 2.75) is 0 Å². The molecule has 5 nitrogen and oxygen atoms in total. The quantitative estimate of drug-likeness (QED) is 0.558. The van der Waals surface area contributed by atoms with E-state index in [1.807, 2.05) is 12.3 Å². The summed E-state index contributed by atoms with van der Waals surface area (Å²) in [5.41, 5.74) is 8.02. The molecule has 1 aromatic carbocycles. The normalized spacial score (nSPS) is 13.6. The van der Waals surface area contributed by atoms with Gasteiger partial charge < -0.3 is 21.1 Å². The first kappa shape index (κ1) is 11.9. The first-order valence-electron chi connectivity index (χ1n) is 5.29. The smallest absolute Gasteiger partial charge is 0.262 e. The van der Waals surface area contributed by atoms with E-state index in [0.29, 0.717) is 17.1 Å². The van der Waals surface area contributed by atoms with E-state index in [-0.39, 0.29) is 12.5 Å². The van der Waals surface area contributed by atoms with Gasteiger partial charge in [-0.1, -0.05) is 0 Å². The topological polar surface area (TPSA) is 76.4 Å². The third-order valence-corrected chi connectivity index (χ3v) is 3.02. The maximum Gasteiger partial charge on any atom is 0.262 e. The molecule has 0 fully saturated rings. The summed E-state index contributed by atoms with van der Waals surface area (Å²) >= 11 is 1.76. The van der Waals surface area contributed by atoms with E-state index in [4.69, 9.17) is 10.5 Å². The Hall–Kier alpha value is -1.56. The summed E-state index contributed by atoms with van der Waals surface area (Å²) in [6.45, 7) is 0.880. The number of ether oxygens (including phenoxy) is 1. The van der Waals surface area contributed by atoms with Crippen molar-refractivity contribution >= 4 is 34.7 Å². The number of hydrogen-bond acceptors (Lipinski definition) is 5. The zero-order valence-corrected chi connectivity index (χ0v) is 10.4. The lowest BCUT2D eigenvalue weighted by Crippen LogP contribution is -2.25. The lowest BCUT2D eigenvalue weighted by molar-refractivity contribution is -0.118. The van der Waals surface area contributed by atoms with Gasteiger partial charge in [-0.2, -0.15) is 11.8 Å². The summed E-state index contributed by atoms with van der Waals surface area (Å²) in [6, 6.07) is 3.54. The van der Waals surface area contributed by atoms with Gasteiger partial charge in [0.1, 0.15) is 5.75 Å². The number of carbonyl (C=O) groups is 1. The van der Waals surface area contributed by atoms with Crippen molar-refractivity contribution < 1.29 is 9.53 Å². The maximum atomic E-state index is 11.2. The highest BCUT2D eigenvalue weighted by Crippen LogP contribution is 2.34.